The number of benzene rings is 1. The summed E-state index contributed by atoms with van der Waals surface area (Å²) in [6.45, 7) is 0.258. The van der Waals surface area contributed by atoms with Gasteiger partial charge in [-0.2, -0.15) is 0 Å². The van der Waals surface area contributed by atoms with Crippen molar-refractivity contribution in [2.24, 2.45) is 5.73 Å². The SMILES string of the molecule is COc1ccc2c(c1OC)C(=O)O[C@H]2CN. The van der Waals surface area contributed by atoms with E-state index in [4.69, 9.17) is 19.9 Å². The van der Waals surface area contributed by atoms with Crippen molar-refractivity contribution in [1.82, 2.24) is 0 Å². The van der Waals surface area contributed by atoms with Gasteiger partial charge in [0.25, 0.3) is 0 Å². The Morgan fingerprint density at radius 2 is 2.12 bits per heavy atom. The smallest absolute Gasteiger partial charge is 0.343 e. The van der Waals surface area contributed by atoms with E-state index in [0.717, 1.165) is 5.56 Å². The monoisotopic (exact) mass is 223 g/mol. The minimum Gasteiger partial charge on any atom is -0.493 e. The number of esters is 1. The van der Waals surface area contributed by atoms with Gasteiger partial charge in [0.05, 0.1) is 14.2 Å². The maximum Gasteiger partial charge on any atom is 0.343 e. The summed E-state index contributed by atoms with van der Waals surface area (Å²) in [5.74, 6) is 0.498. The highest BCUT2D eigenvalue weighted by Gasteiger charge is 2.34. The number of carbonyl (C=O) groups is 1. The largest absolute Gasteiger partial charge is 0.493 e. The molecule has 2 rings (SSSR count). The predicted molar refractivity (Wildman–Crippen MR) is 56.8 cm³/mol. The first-order chi connectivity index (χ1) is 7.72. The second-order valence-corrected chi connectivity index (χ2v) is 3.39. The molecular formula is C11H13NO4. The summed E-state index contributed by atoms with van der Waals surface area (Å²) < 4.78 is 15.4. The zero-order valence-corrected chi connectivity index (χ0v) is 9.15. The van der Waals surface area contributed by atoms with Gasteiger partial charge in [-0.1, -0.05) is 6.07 Å². The van der Waals surface area contributed by atoms with Crippen LogP contribution < -0.4 is 15.2 Å². The molecule has 0 aliphatic carbocycles. The minimum absolute atomic E-state index is 0.258. The molecule has 0 bridgehead atoms. The average molecular weight is 223 g/mol. The van der Waals surface area contributed by atoms with Gasteiger partial charge in [0.15, 0.2) is 11.5 Å². The summed E-state index contributed by atoms with van der Waals surface area (Å²) in [5, 5.41) is 0. The van der Waals surface area contributed by atoms with E-state index in [1.54, 1.807) is 12.1 Å². The van der Waals surface area contributed by atoms with E-state index >= 15 is 0 Å². The van der Waals surface area contributed by atoms with Gasteiger partial charge in [-0.25, -0.2) is 4.79 Å². The molecule has 1 atom stereocenters. The predicted octanol–water partition coefficient (Wildman–Crippen LogP) is 0.874. The summed E-state index contributed by atoms with van der Waals surface area (Å²) in [6.07, 6.45) is -0.387. The van der Waals surface area contributed by atoms with Crippen LogP contribution in [-0.2, 0) is 4.74 Å². The highest BCUT2D eigenvalue weighted by molar-refractivity contribution is 5.98. The standard InChI is InChI=1S/C11H13NO4/c1-14-7-4-3-6-8(5-12)16-11(13)9(6)10(7)15-2/h3-4,8H,5,12H2,1-2H3/t8-/m0/s1. The molecule has 0 spiro atoms. The molecule has 1 aromatic rings. The van der Waals surface area contributed by atoms with E-state index in [1.165, 1.54) is 14.2 Å². The van der Waals surface area contributed by atoms with Crippen LogP contribution in [0.3, 0.4) is 0 Å². The number of rotatable bonds is 3. The number of fused-ring (bicyclic) bond motifs is 1. The Labute approximate surface area is 93.1 Å². The molecule has 5 heteroatoms. The third-order valence-electron chi connectivity index (χ3n) is 2.59. The molecule has 1 aliphatic heterocycles. The number of carbonyl (C=O) groups excluding carboxylic acids is 1. The Morgan fingerprint density at radius 1 is 1.38 bits per heavy atom. The van der Waals surface area contributed by atoms with Crippen molar-refractivity contribution < 1.29 is 19.0 Å². The van der Waals surface area contributed by atoms with Crippen molar-refractivity contribution in [1.29, 1.82) is 0 Å². The molecule has 0 saturated carbocycles. The Bertz CT molecular complexity index is 430. The van der Waals surface area contributed by atoms with Crippen molar-refractivity contribution in [3.8, 4) is 11.5 Å². The molecule has 5 nitrogen and oxygen atoms in total. The van der Waals surface area contributed by atoms with Gasteiger partial charge in [0.1, 0.15) is 11.7 Å². The summed E-state index contributed by atoms with van der Waals surface area (Å²) in [6, 6.07) is 3.52. The normalized spacial score (nSPS) is 17.9. The van der Waals surface area contributed by atoms with Crippen LogP contribution in [0.5, 0.6) is 11.5 Å². The van der Waals surface area contributed by atoms with Crippen LogP contribution in [0, 0.1) is 0 Å². The highest BCUT2D eigenvalue weighted by atomic mass is 16.6. The highest BCUT2D eigenvalue weighted by Crippen LogP contribution is 2.41. The molecule has 16 heavy (non-hydrogen) atoms. The van der Waals surface area contributed by atoms with E-state index in [2.05, 4.69) is 0 Å². The van der Waals surface area contributed by atoms with Gasteiger partial charge >= 0.3 is 5.97 Å². The molecule has 0 aromatic heterocycles. The maximum atomic E-state index is 11.7. The van der Waals surface area contributed by atoms with Crippen LogP contribution in [0.25, 0.3) is 0 Å². The molecule has 1 aliphatic rings. The summed E-state index contributed by atoms with van der Waals surface area (Å²) in [5.41, 5.74) is 6.69. The third-order valence-corrected chi connectivity index (χ3v) is 2.59. The second kappa shape index (κ2) is 4.02. The zero-order chi connectivity index (χ0) is 11.7. The number of hydrogen-bond acceptors (Lipinski definition) is 5. The van der Waals surface area contributed by atoms with Crippen LogP contribution in [0.2, 0.25) is 0 Å². The molecule has 0 amide bonds. The van der Waals surface area contributed by atoms with Crippen molar-refractivity contribution in [3.05, 3.63) is 23.3 Å². The van der Waals surface area contributed by atoms with Crippen LogP contribution >= 0.6 is 0 Å². The van der Waals surface area contributed by atoms with E-state index in [0.29, 0.717) is 17.1 Å². The van der Waals surface area contributed by atoms with Crippen molar-refractivity contribution in [2.45, 2.75) is 6.10 Å². The fourth-order valence-electron chi connectivity index (χ4n) is 1.85. The number of nitrogens with two attached hydrogens (primary N) is 1. The number of ether oxygens (including phenoxy) is 3. The van der Waals surface area contributed by atoms with E-state index in [9.17, 15) is 4.79 Å². The lowest BCUT2D eigenvalue weighted by Gasteiger charge is -2.10. The molecule has 86 valence electrons. The summed E-state index contributed by atoms with van der Waals surface area (Å²) in [7, 11) is 3.01. The number of cyclic esters (lactones) is 1. The first-order valence-corrected chi connectivity index (χ1v) is 4.88. The van der Waals surface area contributed by atoms with Crippen molar-refractivity contribution in [3.63, 3.8) is 0 Å². The Hall–Kier alpha value is -1.75. The Kier molecular flexibility index (Phi) is 2.70. The van der Waals surface area contributed by atoms with Crippen LogP contribution in [-0.4, -0.2) is 26.7 Å². The molecule has 2 N–H and O–H groups in total. The fourth-order valence-corrected chi connectivity index (χ4v) is 1.85. The Morgan fingerprint density at radius 3 is 2.69 bits per heavy atom. The van der Waals surface area contributed by atoms with Gasteiger partial charge in [-0.05, 0) is 6.07 Å². The molecular weight excluding hydrogens is 210 g/mol. The molecule has 1 heterocycles. The average Bonchev–Trinajstić information content (AvgIpc) is 2.65. The lowest BCUT2D eigenvalue weighted by Crippen LogP contribution is -2.11. The lowest BCUT2D eigenvalue weighted by molar-refractivity contribution is 0.0401. The van der Waals surface area contributed by atoms with E-state index in [-0.39, 0.29) is 12.6 Å². The van der Waals surface area contributed by atoms with E-state index in [1.807, 2.05) is 0 Å². The van der Waals surface area contributed by atoms with Crippen LogP contribution in [0.1, 0.15) is 22.0 Å². The van der Waals surface area contributed by atoms with Gasteiger partial charge in [-0.3, -0.25) is 0 Å². The van der Waals surface area contributed by atoms with Crippen LogP contribution in [0.15, 0.2) is 12.1 Å². The van der Waals surface area contributed by atoms with Gasteiger partial charge in [-0.15, -0.1) is 0 Å². The second-order valence-electron chi connectivity index (χ2n) is 3.39. The zero-order valence-electron chi connectivity index (χ0n) is 9.15. The van der Waals surface area contributed by atoms with Gasteiger partial charge in [0.2, 0.25) is 0 Å². The van der Waals surface area contributed by atoms with Crippen molar-refractivity contribution in [2.75, 3.05) is 20.8 Å². The minimum atomic E-state index is -0.416. The summed E-state index contributed by atoms with van der Waals surface area (Å²) >= 11 is 0. The van der Waals surface area contributed by atoms with Crippen molar-refractivity contribution >= 4 is 5.97 Å². The topological polar surface area (TPSA) is 70.8 Å². The summed E-state index contributed by atoms with van der Waals surface area (Å²) in [4.78, 5) is 11.7. The first-order valence-electron chi connectivity index (χ1n) is 4.88. The molecule has 0 fully saturated rings. The quantitative estimate of drug-likeness (QED) is 0.770. The molecule has 0 saturated heterocycles. The number of hydrogen-bond donors (Lipinski definition) is 1. The maximum absolute atomic E-state index is 11.7. The fraction of sp³-hybridized carbons (Fsp3) is 0.364. The molecule has 0 radical (unpaired) electrons. The van der Waals surface area contributed by atoms with Gasteiger partial charge in [0, 0.05) is 12.1 Å². The van der Waals surface area contributed by atoms with Gasteiger partial charge < -0.3 is 19.9 Å². The third kappa shape index (κ3) is 1.40. The molecule has 0 unspecified atom stereocenters. The van der Waals surface area contributed by atoms with Crippen LogP contribution in [0.4, 0.5) is 0 Å². The first kappa shape index (κ1) is 10.8. The molecule has 1 aromatic carbocycles. The Balaban J connectivity index is 2.60. The number of methoxy groups -OCH3 is 2. The van der Waals surface area contributed by atoms with E-state index < -0.39 is 5.97 Å². The lowest BCUT2D eigenvalue weighted by atomic mass is 10.0.